The minimum absolute atomic E-state index is 0. The maximum atomic E-state index is 11.1. The number of hydrogen-bond donors (Lipinski definition) is 0. The molecule has 0 heterocycles. The molecule has 0 saturated carbocycles. The summed E-state index contributed by atoms with van der Waals surface area (Å²) in [7, 11) is 0. The standard InChI is InChI=1S/C12H8ClNO4S.Na/c13-10-6-5-8(7-11(10)14(15)16)9-3-1-2-4-12(9)19(17)18;/h1-7H,(H,17,18);/q;+1/p-1. The van der Waals surface area contributed by atoms with E-state index < -0.39 is 16.0 Å². The smallest absolute Gasteiger partial charge is 0.768 e. The number of nitro benzene ring substituents is 1. The summed E-state index contributed by atoms with van der Waals surface area (Å²) in [4.78, 5) is 10.3. The van der Waals surface area contributed by atoms with Gasteiger partial charge in [0.05, 0.1) is 4.92 Å². The minimum atomic E-state index is -2.42. The molecule has 0 spiro atoms. The molecule has 0 saturated heterocycles. The summed E-state index contributed by atoms with van der Waals surface area (Å²) in [6.07, 6.45) is 0. The first-order valence-corrected chi connectivity index (χ1v) is 6.58. The first-order valence-electron chi connectivity index (χ1n) is 5.13. The van der Waals surface area contributed by atoms with Gasteiger partial charge < -0.3 is 4.55 Å². The van der Waals surface area contributed by atoms with Crippen molar-refractivity contribution < 1.29 is 43.2 Å². The molecule has 8 heteroatoms. The molecular weight excluding hydrogens is 313 g/mol. The minimum Gasteiger partial charge on any atom is -0.768 e. The van der Waals surface area contributed by atoms with Crippen LogP contribution in [-0.4, -0.2) is 13.7 Å². The molecule has 5 nitrogen and oxygen atoms in total. The van der Waals surface area contributed by atoms with E-state index in [2.05, 4.69) is 0 Å². The largest absolute Gasteiger partial charge is 1.00 e. The van der Waals surface area contributed by atoms with E-state index in [1.807, 2.05) is 0 Å². The zero-order valence-electron chi connectivity index (χ0n) is 10.4. The van der Waals surface area contributed by atoms with Crippen molar-refractivity contribution in [2.24, 2.45) is 0 Å². The molecule has 0 radical (unpaired) electrons. The number of nitro groups is 1. The van der Waals surface area contributed by atoms with Crippen LogP contribution < -0.4 is 29.6 Å². The second-order valence-electron chi connectivity index (χ2n) is 3.65. The fraction of sp³-hybridized carbons (Fsp3) is 0. The molecule has 2 rings (SSSR count). The summed E-state index contributed by atoms with van der Waals surface area (Å²) in [6, 6.07) is 10.4. The second kappa shape index (κ2) is 7.31. The summed E-state index contributed by atoms with van der Waals surface area (Å²) in [5.41, 5.74) is 0.567. The molecule has 1 atom stereocenters. The zero-order valence-corrected chi connectivity index (χ0v) is 14.0. The third kappa shape index (κ3) is 3.66. The summed E-state index contributed by atoms with van der Waals surface area (Å²) in [5, 5.41) is 10.8. The number of nitrogens with zero attached hydrogens (tertiary/aromatic N) is 1. The quantitative estimate of drug-likeness (QED) is 0.349. The molecule has 0 fully saturated rings. The Hall–Kier alpha value is -0.760. The third-order valence-corrected chi connectivity index (χ3v) is 3.56. The normalized spacial score (nSPS) is 11.5. The van der Waals surface area contributed by atoms with Crippen molar-refractivity contribution in [1.82, 2.24) is 0 Å². The van der Waals surface area contributed by atoms with Gasteiger partial charge in [-0.2, -0.15) is 0 Å². The van der Waals surface area contributed by atoms with Crippen molar-refractivity contribution in [2.45, 2.75) is 4.90 Å². The van der Waals surface area contributed by atoms with Gasteiger partial charge in [-0.1, -0.05) is 35.9 Å². The Labute approximate surface area is 144 Å². The van der Waals surface area contributed by atoms with E-state index in [-0.39, 0.29) is 45.2 Å². The first kappa shape index (κ1) is 17.3. The molecular formula is C12H7ClNNaO4S. The molecule has 0 aliphatic heterocycles. The van der Waals surface area contributed by atoms with E-state index >= 15 is 0 Å². The predicted octanol–water partition coefficient (Wildman–Crippen LogP) is 0.157. The topological polar surface area (TPSA) is 83.3 Å². The Kier molecular flexibility index (Phi) is 6.32. The third-order valence-electron chi connectivity index (χ3n) is 2.52. The first-order chi connectivity index (χ1) is 9.00. The van der Waals surface area contributed by atoms with Crippen LogP contribution in [0.3, 0.4) is 0 Å². The van der Waals surface area contributed by atoms with Gasteiger partial charge in [0.15, 0.2) is 0 Å². The van der Waals surface area contributed by atoms with Gasteiger partial charge in [-0.25, -0.2) is 0 Å². The predicted molar refractivity (Wildman–Crippen MR) is 70.7 cm³/mol. The second-order valence-corrected chi connectivity index (χ2v) is 4.97. The van der Waals surface area contributed by atoms with Crippen molar-refractivity contribution in [3.8, 4) is 11.1 Å². The van der Waals surface area contributed by atoms with Crippen LogP contribution in [0.5, 0.6) is 0 Å². The van der Waals surface area contributed by atoms with Crippen LogP contribution in [0.2, 0.25) is 5.02 Å². The van der Waals surface area contributed by atoms with Crippen LogP contribution in [-0.2, 0) is 11.1 Å². The van der Waals surface area contributed by atoms with Gasteiger partial charge in [0.25, 0.3) is 5.69 Å². The van der Waals surface area contributed by atoms with Crippen molar-refractivity contribution in [3.63, 3.8) is 0 Å². The van der Waals surface area contributed by atoms with Crippen LogP contribution in [0.25, 0.3) is 11.1 Å². The maximum Gasteiger partial charge on any atom is 1.00 e. The van der Waals surface area contributed by atoms with Gasteiger partial charge in [-0.3, -0.25) is 14.3 Å². The van der Waals surface area contributed by atoms with E-state index in [1.165, 1.54) is 18.2 Å². The van der Waals surface area contributed by atoms with Gasteiger partial charge in [-0.15, -0.1) is 0 Å². The zero-order chi connectivity index (χ0) is 14.0. The molecule has 1 unspecified atom stereocenters. The number of halogens is 1. The van der Waals surface area contributed by atoms with E-state index in [1.54, 1.807) is 24.3 Å². The fourth-order valence-corrected chi connectivity index (χ4v) is 2.41. The van der Waals surface area contributed by atoms with Crippen LogP contribution >= 0.6 is 11.6 Å². The van der Waals surface area contributed by atoms with E-state index in [4.69, 9.17) is 11.6 Å². The molecule has 0 amide bonds. The van der Waals surface area contributed by atoms with E-state index in [9.17, 15) is 18.9 Å². The Morgan fingerprint density at radius 3 is 2.40 bits per heavy atom. The molecule has 0 aliphatic carbocycles. The Morgan fingerprint density at radius 1 is 1.15 bits per heavy atom. The molecule has 0 bridgehead atoms. The summed E-state index contributed by atoms with van der Waals surface area (Å²) >= 11 is 3.30. The number of benzene rings is 2. The van der Waals surface area contributed by atoms with Crippen LogP contribution in [0, 0.1) is 10.1 Å². The van der Waals surface area contributed by atoms with Gasteiger partial charge >= 0.3 is 29.6 Å². The Bertz CT molecular complexity index is 680. The van der Waals surface area contributed by atoms with Gasteiger partial charge in [0.1, 0.15) is 5.02 Å². The monoisotopic (exact) mass is 319 g/mol. The molecule has 20 heavy (non-hydrogen) atoms. The molecule has 0 aliphatic rings. The van der Waals surface area contributed by atoms with Crippen molar-refractivity contribution >= 4 is 28.4 Å². The van der Waals surface area contributed by atoms with Crippen LogP contribution in [0.4, 0.5) is 5.69 Å². The van der Waals surface area contributed by atoms with Gasteiger partial charge in [-0.05, 0) is 34.3 Å². The SMILES string of the molecule is O=[N+]([O-])c1cc(-c2ccccc2S(=O)[O-])ccc1Cl.[Na+]. The average molecular weight is 320 g/mol. The molecule has 98 valence electrons. The Balaban J connectivity index is 0.00000200. The molecule has 2 aromatic rings. The van der Waals surface area contributed by atoms with E-state index in [0.29, 0.717) is 11.1 Å². The van der Waals surface area contributed by atoms with E-state index in [0.717, 1.165) is 0 Å². The van der Waals surface area contributed by atoms with Crippen molar-refractivity contribution in [2.75, 3.05) is 0 Å². The maximum absolute atomic E-state index is 11.1. The van der Waals surface area contributed by atoms with Crippen molar-refractivity contribution in [1.29, 1.82) is 0 Å². The van der Waals surface area contributed by atoms with Crippen molar-refractivity contribution in [3.05, 3.63) is 57.6 Å². The fourth-order valence-electron chi connectivity index (χ4n) is 1.67. The molecule has 2 aromatic carbocycles. The summed E-state index contributed by atoms with van der Waals surface area (Å²) < 4.78 is 22.2. The summed E-state index contributed by atoms with van der Waals surface area (Å²) in [6.45, 7) is 0. The molecule has 0 N–H and O–H groups in total. The average Bonchev–Trinajstić information content (AvgIpc) is 2.39. The summed E-state index contributed by atoms with van der Waals surface area (Å²) in [5.74, 6) is 0. The Morgan fingerprint density at radius 2 is 1.80 bits per heavy atom. The number of rotatable bonds is 3. The van der Waals surface area contributed by atoms with Gasteiger partial charge in [0.2, 0.25) is 0 Å². The number of hydrogen-bond acceptors (Lipinski definition) is 4. The molecule has 0 aromatic heterocycles. The van der Waals surface area contributed by atoms with Crippen LogP contribution in [0.15, 0.2) is 47.4 Å². The van der Waals surface area contributed by atoms with Crippen LogP contribution in [0.1, 0.15) is 0 Å². The van der Waals surface area contributed by atoms with Gasteiger partial charge in [0, 0.05) is 11.0 Å².